The van der Waals surface area contributed by atoms with Gasteiger partial charge in [0.1, 0.15) is 5.75 Å². The molecule has 0 aliphatic carbocycles. The second-order valence-corrected chi connectivity index (χ2v) is 7.23. The molecule has 0 spiro atoms. The molecule has 28 heavy (non-hydrogen) atoms. The summed E-state index contributed by atoms with van der Waals surface area (Å²) in [7, 11) is 1.67. The van der Waals surface area contributed by atoms with Crippen LogP contribution < -0.4 is 14.5 Å². The maximum Gasteiger partial charge on any atom is 0.228 e. The summed E-state index contributed by atoms with van der Waals surface area (Å²) in [5.41, 5.74) is 1.92. The van der Waals surface area contributed by atoms with Gasteiger partial charge in [-0.2, -0.15) is 0 Å². The van der Waals surface area contributed by atoms with E-state index in [9.17, 15) is 9.59 Å². The minimum absolute atomic E-state index is 0.0252. The van der Waals surface area contributed by atoms with Crippen LogP contribution in [-0.4, -0.2) is 56.5 Å². The van der Waals surface area contributed by atoms with E-state index in [0.29, 0.717) is 26.1 Å². The quantitative estimate of drug-likeness (QED) is 0.819. The summed E-state index contributed by atoms with van der Waals surface area (Å²) in [4.78, 5) is 31.3. The number of carbonyl (C=O) groups excluding carboxylic acids is 2. The fourth-order valence-electron chi connectivity index (χ4n) is 4.05. The third-order valence-corrected chi connectivity index (χ3v) is 5.56. The first-order chi connectivity index (χ1) is 13.7. The monoisotopic (exact) mass is 379 g/mol. The Morgan fingerprint density at radius 2 is 1.64 bits per heavy atom. The predicted molar refractivity (Wildman–Crippen MR) is 109 cm³/mol. The predicted octanol–water partition coefficient (Wildman–Crippen LogP) is 2.40. The maximum atomic E-state index is 13.0. The lowest BCUT2D eigenvalue weighted by Crippen LogP contribution is -2.50. The van der Waals surface area contributed by atoms with Crippen LogP contribution in [0.4, 0.5) is 11.4 Å². The highest BCUT2D eigenvalue weighted by molar-refractivity contribution is 6.00. The van der Waals surface area contributed by atoms with Crippen molar-refractivity contribution in [3.05, 3.63) is 54.6 Å². The third-order valence-electron chi connectivity index (χ3n) is 5.56. The molecule has 2 aliphatic rings. The molecule has 1 atom stereocenters. The van der Waals surface area contributed by atoms with Crippen LogP contribution in [0.25, 0.3) is 0 Å². The Bertz CT molecular complexity index is 847. The fourth-order valence-corrected chi connectivity index (χ4v) is 4.05. The van der Waals surface area contributed by atoms with Gasteiger partial charge in [-0.3, -0.25) is 9.59 Å². The molecule has 0 bridgehead atoms. The molecule has 0 radical (unpaired) electrons. The number of carbonyl (C=O) groups is 2. The van der Waals surface area contributed by atoms with Gasteiger partial charge in [0.05, 0.1) is 18.7 Å². The molecule has 0 aromatic heterocycles. The average molecular weight is 379 g/mol. The Labute approximate surface area is 165 Å². The summed E-state index contributed by atoms with van der Waals surface area (Å²) >= 11 is 0. The van der Waals surface area contributed by atoms with Crippen LogP contribution in [-0.2, 0) is 9.59 Å². The number of piperazine rings is 1. The molecule has 0 N–H and O–H groups in total. The number of hydrogen-bond acceptors (Lipinski definition) is 4. The number of amides is 2. The number of nitrogens with zero attached hydrogens (tertiary/aromatic N) is 3. The second-order valence-electron chi connectivity index (χ2n) is 7.23. The van der Waals surface area contributed by atoms with E-state index < -0.39 is 0 Å². The highest BCUT2D eigenvalue weighted by atomic mass is 16.5. The van der Waals surface area contributed by atoms with Crippen molar-refractivity contribution in [3.8, 4) is 5.75 Å². The Kier molecular flexibility index (Phi) is 5.19. The smallest absolute Gasteiger partial charge is 0.228 e. The van der Waals surface area contributed by atoms with Crippen molar-refractivity contribution in [2.75, 3.05) is 49.6 Å². The minimum Gasteiger partial charge on any atom is -0.495 e. The normalized spacial score (nSPS) is 19.8. The molecule has 2 aliphatic heterocycles. The van der Waals surface area contributed by atoms with Crippen molar-refractivity contribution in [2.24, 2.45) is 5.92 Å². The van der Waals surface area contributed by atoms with Crippen molar-refractivity contribution >= 4 is 23.2 Å². The van der Waals surface area contributed by atoms with Gasteiger partial charge in [0, 0.05) is 44.8 Å². The van der Waals surface area contributed by atoms with Gasteiger partial charge < -0.3 is 19.4 Å². The average Bonchev–Trinajstić information content (AvgIpc) is 3.15. The highest BCUT2D eigenvalue weighted by Gasteiger charge is 2.38. The Balaban J connectivity index is 1.37. The summed E-state index contributed by atoms with van der Waals surface area (Å²) in [6.07, 6.45) is 0.292. The van der Waals surface area contributed by atoms with E-state index in [1.165, 1.54) is 0 Å². The number of hydrogen-bond donors (Lipinski definition) is 0. The van der Waals surface area contributed by atoms with Crippen LogP contribution in [0.3, 0.4) is 0 Å². The molecule has 2 fully saturated rings. The van der Waals surface area contributed by atoms with Gasteiger partial charge in [0.25, 0.3) is 0 Å². The lowest BCUT2D eigenvalue weighted by Gasteiger charge is -2.37. The number of methoxy groups -OCH3 is 1. The fraction of sp³-hybridized carbons (Fsp3) is 0.364. The van der Waals surface area contributed by atoms with E-state index >= 15 is 0 Å². The molecular weight excluding hydrogens is 354 g/mol. The number of benzene rings is 2. The summed E-state index contributed by atoms with van der Waals surface area (Å²) in [5, 5.41) is 0. The van der Waals surface area contributed by atoms with E-state index in [2.05, 4.69) is 4.90 Å². The van der Waals surface area contributed by atoms with Gasteiger partial charge in [-0.15, -0.1) is 0 Å². The van der Waals surface area contributed by atoms with Crippen LogP contribution in [0.2, 0.25) is 0 Å². The van der Waals surface area contributed by atoms with Gasteiger partial charge in [-0.05, 0) is 24.3 Å². The molecular formula is C22H25N3O3. The topological polar surface area (TPSA) is 53.1 Å². The van der Waals surface area contributed by atoms with Crippen LogP contribution in [0, 0.1) is 5.92 Å². The summed E-state index contributed by atoms with van der Waals surface area (Å²) in [5.74, 6) is 0.705. The molecule has 6 heteroatoms. The van der Waals surface area contributed by atoms with Gasteiger partial charge in [0.15, 0.2) is 0 Å². The van der Waals surface area contributed by atoms with Crippen molar-refractivity contribution in [3.63, 3.8) is 0 Å². The highest BCUT2D eigenvalue weighted by Crippen LogP contribution is 2.30. The van der Waals surface area contributed by atoms with E-state index in [0.717, 1.165) is 30.2 Å². The Morgan fingerprint density at radius 3 is 2.36 bits per heavy atom. The molecule has 4 rings (SSSR count). The molecule has 2 heterocycles. The number of rotatable bonds is 4. The minimum atomic E-state index is -0.259. The number of ether oxygens (including phenoxy) is 1. The summed E-state index contributed by atoms with van der Waals surface area (Å²) < 4.78 is 5.45. The molecule has 2 saturated heterocycles. The Morgan fingerprint density at radius 1 is 0.964 bits per heavy atom. The summed E-state index contributed by atoms with van der Waals surface area (Å²) in [6, 6.07) is 17.5. The maximum absolute atomic E-state index is 13.0. The first kappa shape index (κ1) is 18.3. The lowest BCUT2D eigenvalue weighted by atomic mass is 10.1. The van der Waals surface area contributed by atoms with E-state index in [4.69, 9.17) is 4.74 Å². The lowest BCUT2D eigenvalue weighted by molar-refractivity contribution is -0.136. The van der Waals surface area contributed by atoms with Gasteiger partial charge in [0.2, 0.25) is 11.8 Å². The zero-order valence-corrected chi connectivity index (χ0v) is 16.1. The van der Waals surface area contributed by atoms with Crippen molar-refractivity contribution in [2.45, 2.75) is 6.42 Å². The van der Waals surface area contributed by atoms with Crippen LogP contribution in [0.15, 0.2) is 54.6 Å². The molecule has 2 amide bonds. The molecule has 6 nitrogen and oxygen atoms in total. The molecule has 0 unspecified atom stereocenters. The molecule has 2 aromatic carbocycles. The molecule has 146 valence electrons. The zero-order valence-electron chi connectivity index (χ0n) is 16.1. The number of anilines is 2. The van der Waals surface area contributed by atoms with Gasteiger partial charge in [-0.1, -0.05) is 30.3 Å². The first-order valence-electron chi connectivity index (χ1n) is 9.69. The van der Waals surface area contributed by atoms with E-state index in [1.54, 1.807) is 12.0 Å². The van der Waals surface area contributed by atoms with Crippen LogP contribution in [0.1, 0.15) is 6.42 Å². The zero-order chi connectivity index (χ0) is 19.5. The van der Waals surface area contributed by atoms with Crippen LogP contribution >= 0.6 is 0 Å². The van der Waals surface area contributed by atoms with Crippen molar-refractivity contribution in [1.82, 2.24) is 4.90 Å². The largest absolute Gasteiger partial charge is 0.495 e. The van der Waals surface area contributed by atoms with E-state index in [-0.39, 0.29) is 17.7 Å². The summed E-state index contributed by atoms with van der Waals surface area (Å²) in [6.45, 7) is 3.30. The van der Waals surface area contributed by atoms with Gasteiger partial charge in [-0.25, -0.2) is 0 Å². The Hall–Kier alpha value is -3.02. The van der Waals surface area contributed by atoms with Crippen LogP contribution in [0.5, 0.6) is 5.75 Å². The van der Waals surface area contributed by atoms with E-state index in [1.807, 2.05) is 59.5 Å². The van der Waals surface area contributed by atoms with Gasteiger partial charge >= 0.3 is 0 Å². The molecule has 0 saturated carbocycles. The first-order valence-corrected chi connectivity index (χ1v) is 9.69. The second kappa shape index (κ2) is 7.92. The molecule has 2 aromatic rings. The third kappa shape index (κ3) is 3.54. The standard InChI is InChI=1S/C22H25N3O3/c1-28-20-10-6-5-9-19(20)23-11-13-24(14-12-23)22(27)17-15-21(26)25(16-17)18-7-3-2-4-8-18/h2-10,17H,11-16H2,1H3/t17-/m0/s1. The SMILES string of the molecule is COc1ccccc1N1CCN(C(=O)[C@H]2CC(=O)N(c3ccccc3)C2)CC1. The van der Waals surface area contributed by atoms with Crippen molar-refractivity contribution in [1.29, 1.82) is 0 Å². The number of para-hydroxylation sites is 3. The van der Waals surface area contributed by atoms with Crippen molar-refractivity contribution < 1.29 is 14.3 Å².